The van der Waals surface area contributed by atoms with Gasteiger partial charge in [-0.1, -0.05) is 0 Å². The average Bonchev–Trinajstić information content (AvgIpc) is 2.98. The summed E-state index contributed by atoms with van der Waals surface area (Å²) < 4.78 is 0. The van der Waals surface area contributed by atoms with E-state index in [1.54, 1.807) is 0 Å². The van der Waals surface area contributed by atoms with Crippen LogP contribution in [-0.4, -0.2) is 34.4 Å². The predicted octanol–water partition coefficient (Wildman–Crippen LogP) is 0.856. The van der Waals surface area contributed by atoms with Gasteiger partial charge in [0.2, 0.25) is 5.91 Å². The summed E-state index contributed by atoms with van der Waals surface area (Å²) in [5.74, 6) is 2.31. The summed E-state index contributed by atoms with van der Waals surface area (Å²) in [7, 11) is 0. The minimum atomic E-state index is -0.565. The first kappa shape index (κ1) is 16.0. The highest BCUT2D eigenvalue weighted by Crippen LogP contribution is 2.59. The molecule has 5 fully saturated rings. The van der Waals surface area contributed by atoms with Crippen LogP contribution in [0.15, 0.2) is 11.0 Å². The number of aromatic nitrogens is 2. The topological polar surface area (TPSA) is 104 Å². The van der Waals surface area contributed by atoms with Crippen molar-refractivity contribution < 1.29 is 9.59 Å². The molecular formula is C19H24N4O3. The second kappa shape index (κ2) is 5.66. The Balaban J connectivity index is 1.39. The highest BCUT2D eigenvalue weighted by atomic mass is 16.2. The third-order valence-electron chi connectivity index (χ3n) is 6.94. The zero-order chi connectivity index (χ0) is 17.9. The highest BCUT2D eigenvalue weighted by Gasteiger charge is 2.53. The van der Waals surface area contributed by atoms with Gasteiger partial charge in [0, 0.05) is 18.2 Å². The average molecular weight is 356 g/mol. The summed E-state index contributed by atoms with van der Waals surface area (Å²) in [4.78, 5) is 44.0. The molecule has 2 heterocycles. The van der Waals surface area contributed by atoms with Gasteiger partial charge in [-0.25, -0.2) is 4.98 Å². The lowest BCUT2D eigenvalue weighted by Crippen LogP contribution is -2.50. The molecule has 4 aliphatic carbocycles. The quantitative estimate of drug-likeness (QED) is 0.747. The van der Waals surface area contributed by atoms with Gasteiger partial charge >= 0.3 is 0 Å². The molecule has 1 atom stereocenters. The van der Waals surface area contributed by atoms with E-state index in [2.05, 4.69) is 20.6 Å². The number of hydrogen-bond acceptors (Lipinski definition) is 4. The maximum Gasteiger partial charge on any atom is 0.263 e. The molecule has 0 unspecified atom stereocenters. The fourth-order valence-corrected chi connectivity index (χ4v) is 6.19. The van der Waals surface area contributed by atoms with Crippen molar-refractivity contribution in [2.45, 2.75) is 56.4 Å². The van der Waals surface area contributed by atoms with Crippen molar-refractivity contribution in [3.05, 3.63) is 27.9 Å². The van der Waals surface area contributed by atoms with E-state index in [1.165, 1.54) is 25.5 Å². The van der Waals surface area contributed by atoms with Crippen LogP contribution in [0, 0.1) is 17.8 Å². The zero-order valence-corrected chi connectivity index (χ0v) is 14.7. The molecular weight excluding hydrogens is 332 g/mol. The summed E-state index contributed by atoms with van der Waals surface area (Å²) in [6, 6.07) is -0.565. The molecule has 1 saturated heterocycles. The first-order valence-electron chi connectivity index (χ1n) is 9.71. The molecule has 2 amide bonds. The Hall–Kier alpha value is -2.18. The van der Waals surface area contributed by atoms with E-state index < -0.39 is 17.5 Å². The summed E-state index contributed by atoms with van der Waals surface area (Å²) in [5, 5.41) is 5.30. The molecule has 5 aliphatic rings. The molecule has 1 aliphatic heterocycles. The van der Waals surface area contributed by atoms with Crippen molar-refractivity contribution in [3.8, 4) is 0 Å². The van der Waals surface area contributed by atoms with Gasteiger partial charge in [0.15, 0.2) is 0 Å². The second-order valence-electron chi connectivity index (χ2n) is 8.78. The molecule has 0 aromatic carbocycles. The number of carbonyl (C=O) groups excluding carboxylic acids is 2. The Morgan fingerprint density at radius 3 is 2.31 bits per heavy atom. The minimum Gasteiger partial charge on any atom is -0.354 e. The van der Waals surface area contributed by atoms with Gasteiger partial charge < -0.3 is 15.6 Å². The van der Waals surface area contributed by atoms with Crippen LogP contribution in [0.1, 0.15) is 61.1 Å². The summed E-state index contributed by atoms with van der Waals surface area (Å²) in [6.45, 7) is 0.545. The molecule has 0 spiro atoms. The van der Waals surface area contributed by atoms with E-state index in [-0.39, 0.29) is 16.9 Å². The van der Waals surface area contributed by atoms with Crippen molar-refractivity contribution in [2.75, 3.05) is 6.54 Å². The molecule has 0 radical (unpaired) electrons. The fourth-order valence-electron chi connectivity index (χ4n) is 6.19. The molecule has 3 N–H and O–H groups in total. The molecule has 7 heteroatoms. The Kier molecular flexibility index (Phi) is 3.49. The van der Waals surface area contributed by atoms with Crippen molar-refractivity contribution in [1.29, 1.82) is 0 Å². The molecule has 1 aromatic rings. The monoisotopic (exact) mass is 356 g/mol. The normalized spacial score (nSPS) is 37.6. The van der Waals surface area contributed by atoms with E-state index in [0.717, 1.165) is 42.8 Å². The van der Waals surface area contributed by atoms with Crippen LogP contribution < -0.4 is 16.2 Å². The lowest BCUT2D eigenvalue weighted by atomic mass is 9.49. The van der Waals surface area contributed by atoms with Gasteiger partial charge in [-0.2, -0.15) is 0 Å². The summed E-state index contributed by atoms with van der Waals surface area (Å²) >= 11 is 0. The maximum absolute atomic E-state index is 12.6. The highest BCUT2D eigenvalue weighted by molar-refractivity contribution is 5.97. The largest absolute Gasteiger partial charge is 0.354 e. The van der Waals surface area contributed by atoms with Crippen LogP contribution in [0.25, 0.3) is 0 Å². The SMILES string of the molecule is O=C(N[C@H]1CCNC1=O)c1cnc(C23CC4CC(CC(C4)C2)C3)[nH]c1=O. The van der Waals surface area contributed by atoms with E-state index in [1.807, 2.05) is 0 Å². The van der Waals surface area contributed by atoms with Crippen LogP contribution in [0.5, 0.6) is 0 Å². The first-order valence-corrected chi connectivity index (χ1v) is 9.71. The number of amides is 2. The Morgan fingerprint density at radius 2 is 1.77 bits per heavy atom. The van der Waals surface area contributed by atoms with Gasteiger partial charge in [-0.15, -0.1) is 0 Å². The van der Waals surface area contributed by atoms with Crippen molar-refractivity contribution in [2.24, 2.45) is 17.8 Å². The zero-order valence-electron chi connectivity index (χ0n) is 14.7. The molecule has 6 rings (SSSR count). The van der Waals surface area contributed by atoms with E-state index in [4.69, 9.17) is 0 Å². The van der Waals surface area contributed by atoms with Gasteiger partial charge in [0.25, 0.3) is 11.5 Å². The first-order chi connectivity index (χ1) is 12.5. The van der Waals surface area contributed by atoms with Crippen LogP contribution in [0.3, 0.4) is 0 Å². The minimum absolute atomic E-state index is 0.00570. The van der Waals surface area contributed by atoms with Crippen LogP contribution in [0.2, 0.25) is 0 Å². The molecule has 4 saturated carbocycles. The molecule has 26 heavy (non-hydrogen) atoms. The molecule has 4 bridgehead atoms. The number of hydrogen-bond donors (Lipinski definition) is 3. The third-order valence-corrected chi connectivity index (χ3v) is 6.94. The Morgan fingerprint density at radius 1 is 1.12 bits per heavy atom. The van der Waals surface area contributed by atoms with E-state index in [0.29, 0.717) is 13.0 Å². The number of nitrogens with zero attached hydrogens (tertiary/aromatic N) is 1. The van der Waals surface area contributed by atoms with Crippen LogP contribution in [0.4, 0.5) is 0 Å². The van der Waals surface area contributed by atoms with Gasteiger partial charge in [-0.3, -0.25) is 14.4 Å². The molecule has 138 valence electrons. The van der Waals surface area contributed by atoms with E-state index >= 15 is 0 Å². The third kappa shape index (κ3) is 2.47. The number of carbonyl (C=O) groups is 2. The van der Waals surface area contributed by atoms with Crippen molar-refractivity contribution in [1.82, 2.24) is 20.6 Å². The standard InChI is InChI=1S/C19H24N4O3/c24-15(22-14-1-2-20-17(14)26)13-9-21-18(23-16(13)25)19-6-10-3-11(7-19)5-12(4-10)8-19/h9-12,14H,1-8H2,(H,20,26)(H,22,24)(H,21,23,25)/t10?,11?,12?,14-,19?/m0/s1. The molecule has 7 nitrogen and oxygen atoms in total. The number of nitrogens with one attached hydrogen (secondary N) is 3. The maximum atomic E-state index is 12.6. The van der Waals surface area contributed by atoms with Crippen molar-refractivity contribution >= 4 is 11.8 Å². The smallest absolute Gasteiger partial charge is 0.263 e. The Bertz CT molecular complexity index is 795. The van der Waals surface area contributed by atoms with Gasteiger partial charge in [-0.05, 0) is 62.7 Å². The van der Waals surface area contributed by atoms with Crippen molar-refractivity contribution in [3.63, 3.8) is 0 Å². The molecule has 1 aromatic heterocycles. The number of H-pyrrole nitrogens is 1. The lowest BCUT2D eigenvalue weighted by molar-refractivity contribution is -0.120. The number of rotatable bonds is 3. The lowest BCUT2D eigenvalue weighted by Gasteiger charge is -2.56. The summed E-state index contributed by atoms with van der Waals surface area (Å²) in [6.07, 6.45) is 9.24. The van der Waals surface area contributed by atoms with E-state index in [9.17, 15) is 14.4 Å². The number of aromatic amines is 1. The summed E-state index contributed by atoms with van der Waals surface area (Å²) in [5.41, 5.74) is -0.423. The van der Waals surface area contributed by atoms with Crippen LogP contribution in [-0.2, 0) is 10.2 Å². The van der Waals surface area contributed by atoms with Gasteiger partial charge in [0.1, 0.15) is 17.4 Å². The fraction of sp³-hybridized carbons (Fsp3) is 0.684. The Labute approximate surface area is 151 Å². The van der Waals surface area contributed by atoms with Crippen LogP contribution >= 0.6 is 0 Å². The van der Waals surface area contributed by atoms with Gasteiger partial charge in [0.05, 0.1) is 0 Å². The second-order valence-corrected chi connectivity index (χ2v) is 8.78. The predicted molar refractivity (Wildman–Crippen MR) is 93.6 cm³/mol.